The van der Waals surface area contributed by atoms with Crippen molar-refractivity contribution in [2.45, 2.75) is 67.1 Å². The van der Waals surface area contributed by atoms with Crippen molar-refractivity contribution in [3.8, 4) is 11.1 Å². The first-order valence-electron chi connectivity index (χ1n) is 12.4. The van der Waals surface area contributed by atoms with E-state index in [9.17, 15) is 0 Å². The van der Waals surface area contributed by atoms with E-state index in [1.807, 2.05) is 4.35 Å². The summed E-state index contributed by atoms with van der Waals surface area (Å²) in [5.41, 5.74) is 12.4. The summed E-state index contributed by atoms with van der Waals surface area (Å²) in [7, 11) is 14.0. The Balaban J connectivity index is 1.82. The minimum absolute atomic E-state index is 0.326. The van der Waals surface area contributed by atoms with Crippen LogP contribution in [0.5, 0.6) is 0 Å². The van der Waals surface area contributed by atoms with Gasteiger partial charge in [-0.15, -0.1) is 0 Å². The molecule has 5 rings (SSSR count). The standard InChI is InChI=1S/C29H33Ge.2ClH.Hf/c1-5-11-20-18-21-12-10-17-26(30(3)4)19(2)27(21)28(20)29-24-15-8-6-13-22(24)23-14-7-9-16-25(23)29;;;/h6-9,13-16,18-19,29H,5,10-12,17H2,1-4H3;2*1H;/q;;;+2/p-2. The van der Waals surface area contributed by atoms with Crippen LogP contribution in [0.25, 0.3) is 11.1 Å². The second kappa shape index (κ2) is 10.0. The van der Waals surface area contributed by atoms with Crippen LogP contribution < -0.4 is 0 Å². The quantitative estimate of drug-likeness (QED) is 0.279. The Morgan fingerprint density at radius 3 is 2.06 bits per heavy atom. The molecule has 2 aromatic carbocycles. The zero-order valence-corrected chi connectivity index (χ0v) is 27.3. The molecule has 171 valence electrons. The van der Waals surface area contributed by atoms with Gasteiger partial charge >= 0.3 is 221 Å². The fourth-order valence-corrected chi connectivity index (χ4v) is 18.7. The van der Waals surface area contributed by atoms with Crippen molar-refractivity contribution in [3.05, 3.63) is 82.0 Å². The molecule has 0 heterocycles. The van der Waals surface area contributed by atoms with Gasteiger partial charge in [0.1, 0.15) is 0 Å². The van der Waals surface area contributed by atoms with E-state index in [4.69, 9.17) is 17.2 Å². The molecule has 0 fully saturated rings. The van der Waals surface area contributed by atoms with Crippen LogP contribution in [0, 0.1) is 5.92 Å². The van der Waals surface area contributed by atoms with E-state index in [-0.39, 0.29) is 0 Å². The van der Waals surface area contributed by atoms with Crippen molar-refractivity contribution in [1.82, 2.24) is 0 Å². The SMILES string of the molecule is CCCC1=C(C2c3ccccc3-c3ccccc32)C2=C(CCC[C](=[Ge]([CH3])[CH3])C2C)[CH]1[Hf]([Cl])[Cl]. The summed E-state index contributed by atoms with van der Waals surface area (Å²) in [4.78, 5) is 0. The van der Waals surface area contributed by atoms with Gasteiger partial charge in [-0.1, -0.05) is 0 Å². The van der Waals surface area contributed by atoms with E-state index in [2.05, 4.69) is 73.9 Å². The fourth-order valence-electron chi connectivity index (χ4n) is 6.82. The van der Waals surface area contributed by atoms with Crippen LogP contribution in [0.4, 0.5) is 0 Å². The second-order valence-corrected chi connectivity index (χ2v) is 28.0. The Morgan fingerprint density at radius 2 is 1.52 bits per heavy atom. The van der Waals surface area contributed by atoms with E-state index >= 15 is 0 Å². The van der Waals surface area contributed by atoms with Gasteiger partial charge in [0.25, 0.3) is 0 Å². The zero-order chi connectivity index (χ0) is 23.3. The van der Waals surface area contributed by atoms with Gasteiger partial charge in [0.05, 0.1) is 0 Å². The first kappa shape index (κ1) is 24.5. The molecule has 3 aliphatic carbocycles. The normalized spacial score (nSPS) is 22.3. The van der Waals surface area contributed by atoms with Crippen LogP contribution in [0.15, 0.2) is 70.8 Å². The molecule has 0 saturated heterocycles. The number of benzene rings is 2. The average molecular weight is 704 g/mol. The monoisotopic (exact) mass is 705 g/mol. The summed E-state index contributed by atoms with van der Waals surface area (Å²) in [6.45, 7) is 4.83. The molecular weight excluding hydrogens is 670 g/mol. The van der Waals surface area contributed by atoms with Gasteiger partial charge < -0.3 is 0 Å². The van der Waals surface area contributed by atoms with Gasteiger partial charge in [-0.2, -0.15) is 0 Å². The molecule has 2 unspecified atom stereocenters. The van der Waals surface area contributed by atoms with Crippen molar-refractivity contribution in [2.24, 2.45) is 5.92 Å². The molecule has 0 spiro atoms. The van der Waals surface area contributed by atoms with Crippen LogP contribution in [0.1, 0.15) is 63.0 Å². The molecule has 0 radical (unpaired) electrons. The Hall–Kier alpha value is -0.217. The first-order chi connectivity index (χ1) is 16.0. The molecule has 0 aliphatic heterocycles. The van der Waals surface area contributed by atoms with E-state index < -0.39 is 33.0 Å². The molecule has 0 N–H and O–H groups in total. The second-order valence-electron chi connectivity index (χ2n) is 10.1. The molecule has 2 aromatic rings. The van der Waals surface area contributed by atoms with Gasteiger partial charge in [0.2, 0.25) is 0 Å². The van der Waals surface area contributed by atoms with E-state index in [1.54, 1.807) is 22.3 Å². The van der Waals surface area contributed by atoms with E-state index in [1.165, 1.54) is 41.5 Å². The number of allylic oxidation sites excluding steroid dienone is 4. The number of rotatable bonds is 4. The van der Waals surface area contributed by atoms with Crippen LogP contribution in [0.3, 0.4) is 0 Å². The van der Waals surface area contributed by atoms with Crippen LogP contribution in [-0.2, 0) is 19.1 Å². The Bertz CT molecular complexity index is 1140. The predicted molar refractivity (Wildman–Crippen MR) is 144 cm³/mol. The van der Waals surface area contributed by atoms with Crippen LogP contribution in [-0.4, -0.2) is 18.3 Å². The van der Waals surface area contributed by atoms with Gasteiger partial charge in [-0.25, -0.2) is 0 Å². The minimum atomic E-state index is -2.74. The summed E-state index contributed by atoms with van der Waals surface area (Å²) in [5.74, 6) is 5.97. The molecule has 33 heavy (non-hydrogen) atoms. The molecule has 0 bridgehead atoms. The van der Waals surface area contributed by atoms with Crippen molar-refractivity contribution in [3.63, 3.8) is 0 Å². The van der Waals surface area contributed by atoms with E-state index in [0.29, 0.717) is 15.5 Å². The van der Waals surface area contributed by atoms with Gasteiger partial charge in [0, 0.05) is 0 Å². The van der Waals surface area contributed by atoms with Crippen molar-refractivity contribution < 1.29 is 19.1 Å². The molecular formula is C29H33Cl2GeHf. The van der Waals surface area contributed by atoms with Crippen LogP contribution in [0.2, 0.25) is 15.2 Å². The zero-order valence-electron chi connectivity index (χ0n) is 20.1. The predicted octanol–water partition coefficient (Wildman–Crippen LogP) is 9.25. The fraction of sp³-hybridized carbons (Fsp3) is 0.414. The Labute approximate surface area is 218 Å². The molecule has 0 amide bonds. The van der Waals surface area contributed by atoms with Crippen LogP contribution >= 0.6 is 17.2 Å². The molecule has 2 atom stereocenters. The van der Waals surface area contributed by atoms with Crippen molar-refractivity contribution in [2.75, 3.05) is 0 Å². The third-order valence-corrected chi connectivity index (χ3v) is 19.8. The summed E-state index contributed by atoms with van der Waals surface area (Å²) in [6, 6.07) is 18.2. The molecule has 3 aliphatic rings. The number of hydrogen-bond donors (Lipinski definition) is 0. The molecule has 0 nitrogen and oxygen atoms in total. The summed E-state index contributed by atoms with van der Waals surface area (Å²) >= 11 is -3.89. The average Bonchev–Trinajstić information content (AvgIpc) is 3.22. The Morgan fingerprint density at radius 1 is 0.909 bits per heavy atom. The van der Waals surface area contributed by atoms with E-state index in [0.717, 1.165) is 12.8 Å². The third-order valence-electron chi connectivity index (χ3n) is 8.03. The summed E-state index contributed by atoms with van der Waals surface area (Å²) in [6.07, 6.45) is 6.07. The molecule has 4 heteroatoms. The number of halogens is 2. The molecule has 0 aromatic heterocycles. The van der Waals surface area contributed by atoms with Gasteiger partial charge in [-0.05, 0) is 0 Å². The first-order valence-corrected chi connectivity index (χ1v) is 28.7. The maximum atomic E-state index is 7.02. The number of fused-ring (bicyclic) bond motifs is 3. The van der Waals surface area contributed by atoms with Gasteiger partial charge in [0.15, 0.2) is 0 Å². The topological polar surface area (TPSA) is 0 Å². The van der Waals surface area contributed by atoms with Gasteiger partial charge in [-0.3, -0.25) is 0 Å². The van der Waals surface area contributed by atoms with Crippen molar-refractivity contribution in [1.29, 1.82) is 0 Å². The summed E-state index contributed by atoms with van der Waals surface area (Å²) < 4.78 is 2.27. The third kappa shape index (κ3) is 4.11. The molecule has 0 saturated carbocycles. The number of hydrogen-bond acceptors (Lipinski definition) is 0. The Kier molecular flexibility index (Phi) is 7.44. The van der Waals surface area contributed by atoms with Crippen molar-refractivity contribution >= 4 is 35.4 Å². The summed E-state index contributed by atoms with van der Waals surface area (Å²) in [5, 5.41) is 0. The maximum absolute atomic E-state index is 7.02.